The maximum Gasteiger partial charge on any atom is 0.257 e. The van der Waals surface area contributed by atoms with E-state index in [9.17, 15) is 4.79 Å². The van der Waals surface area contributed by atoms with Crippen molar-refractivity contribution in [3.8, 4) is 11.8 Å². The number of benzene rings is 1. The van der Waals surface area contributed by atoms with E-state index in [-0.39, 0.29) is 5.91 Å². The van der Waals surface area contributed by atoms with Crippen LogP contribution in [0.5, 0.6) is 0 Å². The van der Waals surface area contributed by atoms with Gasteiger partial charge >= 0.3 is 0 Å². The summed E-state index contributed by atoms with van der Waals surface area (Å²) < 4.78 is 1.78. The number of amides is 1. The number of anilines is 1. The Bertz CT molecular complexity index is 1550. The van der Waals surface area contributed by atoms with E-state index in [1.54, 1.807) is 29.2 Å². The SMILES string of the molecule is Cc1cc(NC(=O)c2cncc(C#Cc3cnc4ccc(CCC(C)C)nn34)c2)ccc1CN1CCN(C)CC1. The molecule has 206 valence electrons. The summed E-state index contributed by atoms with van der Waals surface area (Å²) in [7, 11) is 2.17. The molecule has 0 aliphatic carbocycles. The number of carbonyl (C=O) groups excluding carboxylic acids is 1. The molecule has 1 fully saturated rings. The van der Waals surface area contributed by atoms with Crippen molar-refractivity contribution >= 4 is 17.2 Å². The minimum Gasteiger partial charge on any atom is -0.322 e. The number of imidazole rings is 1. The van der Waals surface area contributed by atoms with Crippen molar-refractivity contribution in [2.45, 2.75) is 40.2 Å². The number of aromatic nitrogens is 4. The van der Waals surface area contributed by atoms with Crippen LogP contribution >= 0.6 is 0 Å². The van der Waals surface area contributed by atoms with Gasteiger partial charge in [0.15, 0.2) is 5.65 Å². The van der Waals surface area contributed by atoms with Crippen molar-refractivity contribution in [1.29, 1.82) is 0 Å². The lowest BCUT2D eigenvalue weighted by Gasteiger charge is -2.32. The van der Waals surface area contributed by atoms with Gasteiger partial charge in [0.25, 0.3) is 5.91 Å². The second-order valence-corrected chi connectivity index (χ2v) is 11.1. The number of hydrogen-bond donors (Lipinski definition) is 1. The van der Waals surface area contributed by atoms with Gasteiger partial charge in [0.05, 0.1) is 17.5 Å². The Kier molecular flexibility index (Phi) is 8.54. The number of aryl methyl sites for hydroxylation is 2. The number of nitrogens with one attached hydrogen (secondary N) is 1. The summed E-state index contributed by atoms with van der Waals surface area (Å²) in [6, 6.07) is 11.9. The van der Waals surface area contributed by atoms with Gasteiger partial charge in [-0.1, -0.05) is 25.8 Å². The van der Waals surface area contributed by atoms with Crippen molar-refractivity contribution in [2.75, 3.05) is 38.5 Å². The van der Waals surface area contributed by atoms with E-state index in [1.807, 2.05) is 24.3 Å². The maximum atomic E-state index is 13.0. The molecular weight excluding hydrogens is 498 g/mol. The van der Waals surface area contributed by atoms with E-state index in [1.165, 1.54) is 11.1 Å². The number of hydrogen-bond acceptors (Lipinski definition) is 6. The molecule has 0 saturated carbocycles. The lowest BCUT2D eigenvalue weighted by atomic mass is 10.1. The molecule has 1 aliphatic rings. The fourth-order valence-electron chi connectivity index (χ4n) is 4.74. The monoisotopic (exact) mass is 535 g/mol. The third kappa shape index (κ3) is 6.92. The summed E-state index contributed by atoms with van der Waals surface area (Å²) in [5.74, 6) is 6.68. The first-order valence-electron chi connectivity index (χ1n) is 14.0. The molecule has 0 spiro atoms. The van der Waals surface area contributed by atoms with E-state index in [2.05, 4.69) is 70.8 Å². The zero-order chi connectivity index (χ0) is 28.1. The maximum absolute atomic E-state index is 13.0. The van der Waals surface area contributed by atoms with Gasteiger partial charge in [0.1, 0.15) is 5.69 Å². The van der Waals surface area contributed by atoms with Crippen LogP contribution in [0.15, 0.2) is 55.0 Å². The van der Waals surface area contributed by atoms with Gasteiger partial charge in [-0.2, -0.15) is 5.10 Å². The molecule has 3 aromatic heterocycles. The summed E-state index contributed by atoms with van der Waals surface area (Å²) in [4.78, 5) is 26.5. The number of rotatable bonds is 7. The predicted molar refractivity (Wildman–Crippen MR) is 158 cm³/mol. The van der Waals surface area contributed by atoms with Gasteiger partial charge in [0, 0.05) is 56.4 Å². The van der Waals surface area contributed by atoms with Crippen LogP contribution in [0.25, 0.3) is 5.65 Å². The highest BCUT2D eigenvalue weighted by molar-refractivity contribution is 6.04. The Morgan fingerprint density at radius 2 is 1.85 bits per heavy atom. The summed E-state index contributed by atoms with van der Waals surface area (Å²) in [6.45, 7) is 11.8. The molecule has 40 heavy (non-hydrogen) atoms. The Hall–Kier alpha value is -4.06. The van der Waals surface area contributed by atoms with Gasteiger partial charge < -0.3 is 10.2 Å². The number of fused-ring (bicyclic) bond motifs is 1. The molecule has 4 heterocycles. The third-order valence-corrected chi connectivity index (χ3v) is 7.32. The first kappa shape index (κ1) is 27.5. The topological polar surface area (TPSA) is 78.7 Å². The number of piperazine rings is 1. The standard InChI is InChI=1S/C32H37N7O/c1-23(2)5-8-28-10-12-31-34-21-30(39(31)36-28)11-6-25-18-27(20-33-19-25)32(40)35-29-9-7-26(24(3)17-29)22-38-15-13-37(4)14-16-38/h7,9-10,12,17-21,23H,5,8,13-16,22H2,1-4H3,(H,35,40). The van der Waals surface area contributed by atoms with Crippen LogP contribution in [0.2, 0.25) is 0 Å². The third-order valence-electron chi connectivity index (χ3n) is 7.32. The zero-order valence-corrected chi connectivity index (χ0v) is 23.8. The summed E-state index contributed by atoms with van der Waals surface area (Å²) in [6.07, 6.45) is 6.94. The highest BCUT2D eigenvalue weighted by Gasteiger charge is 2.15. The molecule has 0 radical (unpaired) electrons. The van der Waals surface area contributed by atoms with Crippen LogP contribution in [-0.2, 0) is 13.0 Å². The Morgan fingerprint density at radius 3 is 2.62 bits per heavy atom. The van der Waals surface area contributed by atoms with E-state index in [4.69, 9.17) is 5.10 Å². The smallest absolute Gasteiger partial charge is 0.257 e. The van der Waals surface area contributed by atoms with Gasteiger partial charge in [0.2, 0.25) is 0 Å². The predicted octanol–water partition coefficient (Wildman–Crippen LogP) is 4.42. The molecule has 1 N–H and O–H groups in total. The van der Waals surface area contributed by atoms with Gasteiger partial charge in [-0.15, -0.1) is 0 Å². The molecular formula is C32H37N7O. The number of likely N-dealkylation sites (N-methyl/N-ethyl adjacent to an activating group) is 1. The van der Waals surface area contributed by atoms with Crippen molar-refractivity contribution in [3.05, 3.63) is 88.6 Å². The Balaban J connectivity index is 1.25. The lowest BCUT2D eigenvalue weighted by molar-refractivity contribution is 0.102. The first-order valence-corrected chi connectivity index (χ1v) is 14.0. The highest BCUT2D eigenvalue weighted by Crippen LogP contribution is 2.19. The summed E-state index contributed by atoms with van der Waals surface area (Å²) >= 11 is 0. The molecule has 4 aromatic rings. The highest BCUT2D eigenvalue weighted by atomic mass is 16.1. The molecule has 8 heteroatoms. The van der Waals surface area contributed by atoms with Crippen LogP contribution in [0.4, 0.5) is 5.69 Å². The quantitative estimate of drug-likeness (QED) is 0.353. The van der Waals surface area contributed by atoms with Crippen LogP contribution in [0, 0.1) is 24.7 Å². The van der Waals surface area contributed by atoms with Gasteiger partial charge in [-0.05, 0) is 80.1 Å². The van der Waals surface area contributed by atoms with Crippen molar-refractivity contribution < 1.29 is 4.79 Å². The average molecular weight is 536 g/mol. The van der Waals surface area contributed by atoms with Gasteiger partial charge in [-0.25, -0.2) is 9.50 Å². The first-order chi connectivity index (χ1) is 19.3. The molecule has 1 saturated heterocycles. The van der Waals surface area contributed by atoms with Crippen LogP contribution in [-0.4, -0.2) is 68.5 Å². The minimum atomic E-state index is -0.214. The largest absolute Gasteiger partial charge is 0.322 e. The Morgan fingerprint density at radius 1 is 1.02 bits per heavy atom. The molecule has 5 rings (SSSR count). The number of carbonyl (C=O) groups is 1. The van der Waals surface area contributed by atoms with Crippen LogP contribution in [0.1, 0.15) is 58.7 Å². The fraction of sp³-hybridized carbons (Fsp3) is 0.375. The summed E-state index contributed by atoms with van der Waals surface area (Å²) in [5.41, 5.74) is 6.81. The second kappa shape index (κ2) is 12.4. The van der Waals surface area contributed by atoms with Crippen molar-refractivity contribution in [3.63, 3.8) is 0 Å². The fourth-order valence-corrected chi connectivity index (χ4v) is 4.74. The van der Waals surface area contributed by atoms with E-state index in [0.717, 1.165) is 62.6 Å². The molecule has 0 bridgehead atoms. The van der Waals surface area contributed by atoms with Crippen molar-refractivity contribution in [1.82, 2.24) is 29.4 Å². The van der Waals surface area contributed by atoms with Crippen molar-refractivity contribution in [2.24, 2.45) is 5.92 Å². The molecule has 1 amide bonds. The molecule has 8 nitrogen and oxygen atoms in total. The van der Waals surface area contributed by atoms with Crippen LogP contribution in [0.3, 0.4) is 0 Å². The molecule has 0 atom stereocenters. The van der Waals surface area contributed by atoms with E-state index in [0.29, 0.717) is 22.7 Å². The Labute approximate surface area is 236 Å². The molecule has 1 aromatic carbocycles. The second-order valence-electron chi connectivity index (χ2n) is 11.1. The minimum absolute atomic E-state index is 0.214. The average Bonchev–Trinajstić information content (AvgIpc) is 3.35. The molecule has 1 aliphatic heterocycles. The normalized spacial score (nSPS) is 14.3. The van der Waals surface area contributed by atoms with Crippen LogP contribution < -0.4 is 5.32 Å². The van der Waals surface area contributed by atoms with E-state index >= 15 is 0 Å². The molecule has 0 unspecified atom stereocenters. The van der Waals surface area contributed by atoms with Gasteiger partial charge in [-0.3, -0.25) is 14.7 Å². The number of pyridine rings is 1. The van der Waals surface area contributed by atoms with E-state index < -0.39 is 0 Å². The summed E-state index contributed by atoms with van der Waals surface area (Å²) in [5, 5.41) is 7.74. The number of nitrogens with zero attached hydrogens (tertiary/aromatic N) is 6. The lowest BCUT2D eigenvalue weighted by Crippen LogP contribution is -2.43. The zero-order valence-electron chi connectivity index (χ0n) is 23.8.